The number of hydrogen-bond acceptors (Lipinski definition) is 2. The molecule has 0 spiro atoms. The molecule has 0 aliphatic heterocycles. The van der Waals surface area contributed by atoms with Crippen LogP contribution in [-0.4, -0.2) is 10.2 Å². The van der Waals surface area contributed by atoms with Crippen molar-refractivity contribution in [3.8, 4) is 5.75 Å². The third-order valence-corrected chi connectivity index (χ3v) is 1.87. The van der Waals surface area contributed by atoms with Crippen LogP contribution in [0.15, 0.2) is 24.3 Å². The van der Waals surface area contributed by atoms with Gasteiger partial charge in [-0.2, -0.15) is 0 Å². The predicted molar refractivity (Wildman–Crippen MR) is 59.2 cm³/mol. The summed E-state index contributed by atoms with van der Waals surface area (Å²) in [5.74, 6) is 0.153. The lowest BCUT2D eigenvalue weighted by Crippen LogP contribution is -1.80. The van der Waals surface area contributed by atoms with Crippen LogP contribution in [0.25, 0.3) is 0 Å². The van der Waals surface area contributed by atoms with Crippen LogP contribution >= 0.6 is 0 Å². The minimum absolute atomic E-state index is 0.104. The van der Waals surface area contributed by atoms with Crippen LogP contribution in [0.1, 0.15) is 38.7 Å². The molecule has 0 heterocycles. The van der Waals surface area contributed by atoms with Crippen LogP contribution in [0, 0.1) is 0 Å². The summed E-state index contributed by atoms with van der Waals surface area (Å²) >= 11 is 0. The Morgan fingerprint density at radius 3 is 1.93 bits per heavy atom. The number of aromatic hydroxyl groups is 1. The largest absolute Gasteiger partial charge is 0.508 e. The van der Waals surface area contributed by atoms with E-state index in [-0.39, 0.29) is 12.4 Å². The lowest BCUT2D eigenvalue weighted by atomic mass is 10.2. The average molecular weight is 196 g/mol. The van der Waals surface area contributed by atoms with Crippen molar-refractivity contribution in [1.82, 2.24) is 0 Å². The number of unbranched alkanes of at least 4 members (excludes halogenated alkanes) is 2. The second-order valence-electron chi connectivity index (χ2n) is 3.14. The van der Waals surface area contributed by atoms with Crippen molar-refractivity contribution >= 4 is 0 Å². The molecule has 0 fully saturated rings. The molecule has 14 heavy (non-hydrogen) atoms. The van der Waals surface area contributed by atoms with Crippen LogP contribution in [0.4, 0.5) is 0 Å². The van der Waals surface area contributed by atoms with Gasteiger partial charge in [0.1, 0.15) is 5.75 Å². The third kappa shape index (κ3) is 5.60. The molecule has 0 bridgehead atoms. The maximum Gasteiger partial charge on any atom is 0.121 e. The standard InChI is InChI=1S/C7H8O2.C5H12/c8-5-6-3-1-2-4-7(6)9;1-3-5-4-2/h1-4,8-9H,5H2;3-5H2,1-2H3. The van der Waals surface area contributed by atoms with Gasteiger partial charge < -0.3 is 10.2 Å². The molecule has 0 amide bonds. The van der Waals surface area contributed by atoms with Gasteiger partial charge in [0.2, 0.25) is 0 Å². The smallest absolute Gasteiger partial charge is 0.121 e. The Balaban J connectivity index is 0.000000292. The fourth-order valence-corrected chi connectivity index (χ4v) is 0.998. The van der Waals surface area contributed by atoms with Gasteiger partial charge in [0, 0.05) is 5.56 Å². The lowest BCUT2D eigenvalue weighted by molar-refractivity contribution is 0.275. The van der Waals surface area contributed by atoms with E-state index in [0.29, 0.717) is 5.56 Å². The fourth-order valence-electron chi connectivity index (χ4n) is 0.998. The molecule has 1 aromatic carbocycles. The Kier molecular flexibility index (Phi) is 7.95. The molecule has 2 heteroatoms. The summed E-state index contributed by atoms with van der Waals surface area (Å²) in [7, 11) is 0. The zero-order valence-electron chi connectivity index (χ0n) is 9.03. The van der Waals surface area contributed by atoms with Crippen LogP contribution in [0.3, 0.4) is 0 Å². The first-order valence-electron chi connectivity index (χ1n) is 5.13. The highest BCUT2D eigenvalue weighted by Crippen LogP contribution is 2.14. The van der Waals surface area contributed by atoms with Gasteiger partial charge in [-0.1, -0.05) is 51.3 Å². The van der Waals surface area contributed by atoms with Gasteiger partial charge in [-0.25, -0.2) is 0 Å². The number of aliphatic hydroxyl groups is 1. The van der Waals surface area contributed by atoms with Crippen molar-refractivity contribution in [2.45, 2.75) is 39.7 Å². The zero-order valence-corrected chi connectivity index (χ0v) is 9.03. The quantitative estimate of drug-likeness (QED) is 0.780. The fraction of sp³-hybridized carbons (Fsp3) is 0.500. The summed E-state index contributed by atoms with van der Waals surface area (Å²) in [6, 6.07) is 6.71. The van der Waals surface area contributed by atoms with Gasteiger partial charge in [-0.3, -0.25) is 0 Å². The first-order chi connectivity index (χ1) is 6.76. The zero-order chi connectivity index (χ0) is 10.8. The monoisotopic (exact) mass is 196 g/mol. The number of para-hydroxylation sites is 1. The molecule has 0 aliphatic rings. The summed E-state index contributed by atoms with van der Waals surface area (Å²) in [5.41, 5.74) is 0.567. The normalized spacial score (nSPS) is 9.07. The Morgan fingerprint density at radius 1 is 1.07 bits per heavy atom. The molecule has 1 rings (SSSR count). The van der Waals surface area contributed by atoms with E-state index in [4.69, 9.17) is 10.2 Å². The molecular weight excluding hydrogens is 176 g/mol. The van der Waals surface area contributed by atoms with Gasteiger partial charge in [0.15, 0.2) is 0 Å². The molecular formula is C12H20O2. The highest BCUT2D eigenvalue weighted by atomic mass is 16.3. The molecule has 0 atom stereocenters. The summed E-state index contributed by atoms with van der Waals surface area (Å²) in [4.78, 5) is 0. The van der Waals surface area contributed by atoms with Gasteiger partial charge in [0.25, 0.3) is 0 Å². The number of aliphatic hydroxyl groups excluding tert-OH is 1. The summed E-state index contributed by atoms with van der Waals surface area (Å²) in [6.07, 6.45) is 4.08. The minimum Gasteiger partial charge on any atom is -0.508 e. The first kappa shape index (κ1) is 13.0. The van der Waals surface area contributed by atoms with Gasteiger partial charge in [-0.15, -0.1) is 0 Å². The van der Waals surface area contributed by atoms with Crippen LogP contribution in [-0.2, 0) is 6.61 Å². The number of benzene rings is 1. The highest BCUT2D eigenvalue weighted by Gasteiger charge is 1.93. The van der Waals surface area contributed by atoms with E-state index < -0.39 is 0 Å². The van der Waals surface area contributed by atoms with Gasteiger partial charge >= 0.3 is 0 Å². The van der Waals surface area contributed by atoms with E-state index in [1.54, 1.807) is 24.3 Å². The Labute approximate surface area is 86.2 Å². The molecule has 0 aliphatic carbocycles. The van der Waals surface area contributed by atoms with Crippen molar-refractivity contribution < 1.29 is 10.2 Å². The summed E-state index contributed by atoms with van der Waals surface area (Å²) in [6.45, 7) is 4.32. The van der Waals surface area contributed by atoms with E-state index >= 15 is 0 Å². The van der Waals surface area contributed by atoms with Crippen LogP contribution in [0.2, 0.25) is 0 Å². The average Bonchev–Trinajstić information content (AvgIpc) is 2.21. The van der Waals surface area contributed by atoms with Crippen molar-refractivity contribution in [3.05, 3.63) is 29.8 Å². The van der Waals surface area contributed by atoms with E-state index in [0.717, 1.165) is 0 Å². The highest BCUT2D eigenvalue weighted by molar-refractivity contribution is 5.30. The Hall–Kier alpha value is -1.02. The topological polar surface area (TPSA) is 40.5 Å². The van der Waals surface area contributed by atoms with Crippen LogP contribution in [0.5, 0.6) is 5.75 Å². The van der Waals surface area contributed by atoms with E-state index in [1.807, 2.05) is 0 Å². The maximum atomic E-state index is 8.95. The third-order valence-electron chi connectivity index (χ3n) is 1.87. The lowest BCUT2D eigenvalue weighted by Gasteiger charge is -1.96. The second kappa shape index (κ2) is 8.57. The molecule has 80 valence electrons. The van der Waals surface area contributed by atoms with Crippen molar-refractivity contribution in [1.29, 1.82) is 0 Å². The SMILES string of the molecule is CCCCC.OCc1ccccc1O. The maximum absolute atomic E-state index is 8.95. The Morgan fingerprint density at radius 2 is 1.64 bits per heavy atom. The molecule has 0 radical (unpaired) electrons. The summed E-state index contributed by atoms with van der Waals surface area (Å²) < 4.78 is 0. The first-order valence-corrected chi connectivity index (χ1v) is 5.13. The van der Waals surface area contributed by atoms with Gasteiger partial charge in [0.05, 0.1) is 6.61 Å². The van der Waals surface area contributed by atoms with Crippen LogP contribution < -0.4 is 0 Å². The Bertz CT molecular complexity index is 232. The van der Waals surface area contributed by atoms with E-state index in [9.17, 15) is 0 Å². The molecule has 2 nitrogen and oxygen atoms in total. The molecule has 0 saturated heterocycles. The second-order valence-corrected chi connectivity index (χ2v) is 3.14. The van der Waals surface area contributed by atoms with Crippen molar-refractivity contribution in [2.24, 2.45) is 0 Å². The molecule has 0 aromatic heterocycles. The number of hydrogen-bond donors (Lipinski definition) is 2. The van der Waals surface area contributed by atoms with E-state index in [2.05, 4.69) is 13.8 Å². The summed E-state index contributed by atoms with van der Waals surface area (Å²) in [5, 5.41) is 17.5. The number of rotatable bonds is 3. The van der Waals surface area contributed by atoms with Crippen molar-refractivity contribution in [2.75, 3.05) is 0 Å². The van der Waals surface area contributed by atoms with Gasteiger partial charge in [-0.05, 0) is 6.07 Å². The number of phenols is 1. The molecule has 0 saturated carbocycles. The minimum atomic E-state index is -0.104. The predicted octanol–water partition coefficient (Wildman–Crippen LogP) is 3.08. The van der Waals surface area contributed by atoms with Crippen molar-refractivity contribution in [3.63, 3.8) is 0 Å². The molecule has 1 aromatic rings. The van der Waals surface area contributed by atoms with E-state index in [1.165, 1.54) is 19.3 Å². The molecule has 2 N–H and O–H groups in total. The molecule has 0 unspecified atom stereocenters.